The Morgan fingerprint density at radius 3 is 1.62 bits per heavy atom. The standard InChI is InChI=1S/C15H27F5O/c1-3-4-5-6-7-8-9-10-11-13(2,21)12-14(16,17)15(18,19)20/h21H,3-12H2,1-2H3. The number of hydrogen-bond acceptors (Lipinski definition) is 1. The van der Waals surface area contributed by atoms with Crippen molar-refractivity contribution in [2.75, 3.05) is 0 Å². The van der Waals surface area contributed by atoms with Gasteiger partial charge in [-0.05, 0) is 13.3 Å². The molecule has 21 heavy (non-hydrogen) atoms. The second kappa shape index (κ2) is 8.91. The van der Waals surface area contributed by atoms with E-state index in [1.165, 1.54) is 12.8 Å². The van der Waals surface area contributed by atoms with Crippen molar-refractivity contribution in [1.29, 1.82) is 0 Å². The third-order valence-corrected chi connectivity index (χ3v) is 3.59. The van der Waals surface area contributed by atoms with Gasteiger partial charge in [0.25, 0.3) is 0 Å². The van der Waals surface area contributed by atoms with Crippen molar-refractivity contribution in [2.45, 2.75) is 95.8 Å². The molecule has 0 aromatic carbocycles. The minimum Gasteiger partial charge on any atom is -0.390 e. The van der Waals surface area contributed by atoms with Gasteiger partial charge in [-0.2, -0.15) is 22.0 Å². The van der Waals surface area contributed by atoms with Gasteiger partial charge in [0.2, 0.25) is 0 Å². The lowest BCUT2D eigenvalue weighted by atomic mass is 9.91. The van der Waals surface area contributed by atoms with Crippen molar-refractivity contribution in [1.82, 2.24) is 0 Å². The van der Waals surface area contributed by atoms with Gasteiger partial charge in [-0.15, -0.1) is 0 Å². The Kier molecular flexibility index (Phi) is 8.74. The third-order valence-electron chi connectivity index (χ3n) is 3.59. The summed E-state index contributed by atoms with van der Waals surface area (Å²) in [6.45, 7) is 3.17. The zero-order valence-corrected chi connectivity index (χ0v) is 12.9. The third kappa shape index (κ3) is 9.27. The Morgan fingerprint density at radius 2 is 1.19 bits per heavy atom. The first-order valence-corrected chi connectivity index (χ1v) is 7.69. The van der Waals surface area contributed by atoms with Crippen LogP contribution in [0.2, 0.25) is 0 Å². The fourth-order valence-corrected chi connectivity index (χ4v) is 2.31. The summed E-state index contributed by atoms with van der Waals surface area (Å²) in [6.07, 6.45) is 0.634. The first kappa shape index (κ1) is 20.6. The van der Waals surface area contributed by atoms with E-state index in [1.54, 1.807) is 0 Å². The quantitative estimate of drug-likeness (QED) is 0.374. The van der Waals surface area contributed by atoms with E-state index in [1.807, 2.05) is 0 Å². The number of alkyl halides is 5. The minimum absolute atomic E-state index is 0.0341. The first-order valence-electron chi connectivity index (χ1n) is 7.69. The Morgan fingerprint density at radius 1 is 0.762 bits per heavy atom. The number of halogens is 5. The van der Waals surface area contributed by atoms with Gasteiger partial charge in [0, 0.05) is 6.42 Å². The van der Waals surface area contributed by atoms with E-state index in [9.17, 15) is 27.1 Å². The van der Waals surface area contributed by atoms with E-state index in [4.69, 9.17) is 0 Å². The topological polar surface area (TPSA) is 20.2 Å². The molecule has 0 aliphatic rings. The lowest BCUT2D eigenvalue weighted by molar-refractivity contribution is -0.296. The van der Waals surface area contributed by atoms with Crippen molar-refractivity contribution in [2.24, 2.45) is 0 Å². The zero-order valence-electron chi connectivity index (χ0n) is 12.9. The van der Waals surface area contributed by atoms with Crippen LogP contribution in [-0.4, -0.2) is 22.8 Å². The van der Waals surface area contributed by atoms with E-state index in [0.717, 1.165) is 39.0 Å². The normalized spacial score (nSPS) is 16.0. The van der Waals surface area contributed by atoms with E-state index < -0.39 is 24.1 Å². The summed E-state index contributed by atoms with van der Waals surface area (Å²) in [5.74, 6) is -4.84. The molecule has 0 rings (SSSR count). The molecule has 0 heterocycles. The van der Waals surface area contributed by atoms with Crippen LogP contribution in [0.4, 0.5) is 22.0 Å². The maximum atomic E-state index is 12.9. The van der Waals surface area contributed by atoms with Gasteiger partial charge in [0.1, 0.15) is 0 Å². The Bertz CT molecular complexity index is 274. The molecular formula is C15H27F5O. The highest BCUT2D eigenvalue weighted by Crippen LogP contribution is 2.42. The molecule has 0 fully saturated rings. The molecule has 128 valence electrons. The fraction of sp³-hybridized carbons (Fsp3) is 1.00. The molecule has 6 heteroatoms. The molecule has 0 aromatic rings. The molecule has 1 atom stereocenters. The number of unbranched alkanes of at least 4 members (excludes halogenated alkanes) is 7. The lowest BCUT2D eigenvalue weighted by Gasteiger charge is -2.29. The molecule has 0 aliphatic heterocycles. The van der Waals surface area contributed by atoms with Crippen LogP contribution in [-0.2, 0) is 0 Å². The van der Waals surface area contributed by atoms with Gasteiger partial charge in [-0.3, -0.25) is 0 Å². The van der Waals surface area contributed by atoms with Gasteiger partial charge in [0.15, 0.2) is 0 Å². The largest absolute Gasteiger partial charge is 0.453 e. The smallest absolute Gasteiger partial charge is 0.390 e. The predicted molar refractivity (Wildman–Crippen MR) is 73.5 cm³/mol. The molecule has 0 spiro atoms. The summed E-state index contributed by atoms with van der Waals surface area (Å²) in [4.78, 5) is 0. The van der Waals surface area contributed by atoms with Gasteiger partial charge in [0.05, 0.1) is 5.60 Å². The van der Waals surface area contributed by atoms with Crippen molar-refractivity contribution in [3.05, 3.63) is 0 Å². The van der Waals surface area contributed by atoms with E-state index in [2.05, 4.69) is 6.92 Å². The molecule has 1 N–H and O–H groups in total. The van der Waals surface area contributed by atoms with Crippen LogP contribution in [0.1, 0.15) is 78.1 Å². The van der Waals surface area contributed by atoms with Crippen LogP contribution < -0.4 is 0 Å². The van der Waals surface area contributed by atoms with Crippen LogP contribution in [0.5, 0.6) is 0 Å². The Hall–Kier alpha value is -0.390. The van der Waals surface area contributed by atoms with E-state index in [0.29, 0.717) is 6.42 Å². The van der Waals surface area contributed by atoms with Gasteiger partial charge >= 0.3 is 12.1 Å². The summed E-state index contributed by atoms with van der Waals surface area (Å²) in [5.41, 5.74) is -1.98. The maximum absolute atomic E-state index is 12.9. The van der Waals surface area contributed by atoms with Crippen LogP contribution >= 0.6 is 0 Å². The van der Waals surface area contributed by atoms with E-state index in [-0.39, 0.29) is 6.42 Å². The second-order valence-electron chi connectivity index (χ2n) is 6.10. The predicted octanol–water partition coefficient (Wildman–Crippen LogP) is 5.86. The number of hydrogen-bond donors (Lipinski definition) is 1. The average molecular weight is 318 g/mol. The summed E-state index contributed by atoms with van der Waals surface area (Å²) in [6, 6.07) is 0. The van der Waals surface area contributed by atoms with Crippen molar-refractivity contribution in [3.8, 4) is 0 Å². The fourth-order valence-electron chi connectivity index (χ4n) is 2.31. The lowest BCUT2D eigenvalue weighted by Crippen LogP contribution is -2.43. The Balaban J connectivity index is 3.88. The molecule has 0 saturated heterocycles. The zero-order chi connectivity index (χ0) is 16.6. The highest BCUT2D eigenvalue weighted by molar-refractivity contribution is 4.86. The van der Waals surface area contributed by atoms with Crippen LogP contribution in [0.25, 0.3) is 0 Å². The summed E-state index contributed by atoms with van der Waals surface area (Å²) >= 11 is 0. The van der Waals surface area contributed by atoms with Crippen LogP contribution in [0.15, 0.2) is 0 Å². The van der Waals surface area contributed by atoms with Crippen molar-refractivity contribution < 1.29 is 27.1 Å². The molecule has 0 saturated carbocycles. The minimum atomic E-state index is -5.60. The molecule has 1 nitrogen and oxygen atoms in total. The van der Waals surface area contributed by atoms with Crippen LogP contribution in [0, 0.1) is 0 Å². The molecule has 0 aromatic heterocycles. The maximum Gasteiger partial charge on any atom is 0.453 e. The number of rotatable bonds is 11. The molecule has 0 bridgehead atoms. The van der Waals surface area contributed by atoms with Crippen molar-refractivity contribution >= 4 is 0 Å². The molecular weight excluding hydrogens is 291 g/mol. The highest BCUT2D eigenvalue weighted by Gasteiger charge is 2.59. The summed E-state index contributed by atoms with van der Waals surface area (Å²) < 4.78 is 62.1. The first-order chi connectivity index (χ1) is 9.52. The SMILES string of the molecule is CCCCCCCCCCC(C)(O)CC(F)(F)C(F)(F)F. The molecule has 0 amide bonds. The van der Waals surface area contributed by atoms with E-state index >= 15 is 0 Å². The van der Waals surface area contributed by atoms with Crippen LogP contribution in [0.3, 0.4) is 0 Å². The molecule has 0 aliphatic carbocycles. The Labute approximate surface area is 123 Å². The average Bonchev–Trinajstić information content (AvgIpc) is 2.29. The summed E-state index contributed by atoms with van der Waals surface area (Å²) in [5, 5.41) is 9.71. The number of aliphatic hydroxyl groups is 1. The van der Waals surface area contributed by atoms with Gasteiger partial charge in [-0.25, -0.2) is 0 Å². The van der Waals surface area contributed by atoms with Gasteiger partial charge < -0.3 is 5.11 Å². The second-order valence-corrected chi connectivity index (χ2v) is 6.10. The molecule has 0 radical (unpaired) electrons. The highest BCUT2D eigenvalue weighted by atomic mass is 19.4. The van der Waals surface area contributed by atoms with Crippen molar-refractivity contribution in [3.63, 3.8) is 0 Å². The van der Waals surface area contributed by atoms with Gasteiger partial charge in [-0.1, -0.05) is 58.3 Å². The summed E-state index contributed by atoms with van der Waals surface area (Å²) in [7, 11) is 0. The monoisotopic (exact) mass is 318 g/mol. The molecule has 1 unspecified atom stereocenters.